The molecule has 1 saturated carbocycles. The highest BCUT2D eigenvalue weighted by Gasteiger charge is 2.41. The quantitative estimate of drug-likeness (QED) is 0.798. The predicted molar refractivity (Wildman–Crippen MR) is 60.5 cm³/mol. The fourth-order valence-corrected chi connectivity index (χ4v) is 2.38. The van der Waals surface area contributed by atoms with E-state index in [2.05, 4.69) is 0 Å². The van der Waals surface area contributed by atoms with Crippen LogP contribution in [-0.2, 0) is 14.3 Å². The predicted octanol–water partition coefficient (Wildman–Crippen LogP) is 1.02. The molecule has 1 saturated heterocycles. The van der Waals surface area contributed by atoms with Gasteiger partial charge in [-0.25, -0.2) is 4.79 Å². The van der Waals surface area contributed by atoms with Crippen LogP contribution >= 0.6 is 0 Å². The Balaban J connectivity index is 1.97. The number of hydrogen-bond donors (Lipinski definition) is 1. The van der Waals surface area contributed by atoms with Gasteiger partial charge < -0.3 is 14.7 Å². The van der Waals surface area contributed by atoms with Gasteiger partial charge in [0.05, 0.1) is 0 Å². The lowest BCUT2D eigenvalue weighted by Gasteiger charge is -2.29. The van der Waals surface area contributed by atoms with Crippen molar-refractivity contribution in [3.8, 4) is 0 Å². The lowest BCUT2D eigenvalue weighted by atomic mass is 10.1. The van der Waals surface area contributed by atoms with Crippen LogP contribution in [0.2, 0.25) is 0 Å². The molecule has 0 aromatic heterocycles. The highest BCUT2D eigenvalue weighted by atomic mass is 16.5. The number of carboxylic acid groups (broad SMARTS) is 1. The second kappa shape index (κ2) is 4.64. The number of ether oxygens (including phenoxy) is 1. The van der Waals surface area contributed by atoms with Gasteiger partial charge in [-0.05, 0) is 39.5 Å². The summed E-state index contributed by atoms with van der Waals surface area (Å²) in [7, 11) is 0. The first-order chi connectivity index (χ1) is 8.00. The van der Waals surface area contributed by atoms with Gasteiger partial charge in [0.2, 0.25) is 0 Å². The number of carbonyl (C=O) groups excluding carboxylic acids is 1. The van der Waals surface area contributed by atoms with E-state index in [0.29, 0.717) is 18.9 Å². The average molecular weight is 241 g/mol. The van der Waals surface area contributed by atoms with Gasteiger partial charge >= 0.3 is 5.97 Å². The molecule has 1 aliphatic carbocycles. The van der Waals surface area contributed by atoms with E-state index >= 15 is 0 Å². The van der Waals surface area contributed by atoms with Crippen molar-refractivity contribution in [3.05, 3.63) is 0 Å². The van der Waals surface area contributed by atoms with E-state index in [1.165, 1.54) is 0 Å². The Kier molecular flexibility index (Phi) is 3.38. The number of aliphatic carboxylic acids is 1. The molecule has 5 heteroatoms. The summed E-state index contributed by atoms with van der Waals surface area (Å²) in [5.74, 6) is -1.01. The maximum atomic E-state index is 12.2. The van der Waals surface area contributed by atoms with E-state index in [9.17, 15) is 9.59 Å². The lowest BCUT2D eigenvalue weighted by molar-refractivity contribution is -0.155. The Hall–Kier alpha value is -1.10. The molecule has 5 nitrogen and oxygen atoms in total. The summed E-state index contributed by atoms with van der Waals surface area (Å²) in [6.07, 6.45) is 1.70. The van der Waals surface area contributed by atoms with Crippen LogP contribution in [0.5, 0.6) is 0 Å². The molecule has 0 bridgehead atoms. The third-order valence-electron chi connectivity index (χ3n) is 3.32. The van der Waals surface area contributed by atoms with E-state index in [0.717, 1.165) is 12.8 Å². The van der Waals surface area contributed by atoms with Crippen molar-refractivity contribution in [3.63, 3.8) is 0 Å². The van der Waals surface area contributed by atoms with E-state index in [1.807, 2.05) is 18.7 Å². The van der Waals surface area contributed by atoms with Crippen molar-refractivity contribution < 1.29 is 19.4 Å². The van der Waals surface area contributed by atoms with Crippen LogP contribution in [0, 0.1) is 0 Å². The van der Waals surface area contributed by atoms with Gasteiger partial charge in [-0.3, -0.25) is 4.79 Å². The van der Waals surface area contributed by atoms with Crippen LogP contribution in [0.3, 0.4) is 0 Å². The summed E-state index contributed by atoms with van der Waals surface area (Å²) < 4.78 is 5.30. The Morgan fingerprint density at radius 3 is 2.18 bits per heavy atom. The molecule has 17 heavy (non-hydrogen) atoms. The molecule has 2 atom stereocenters. The first-order valence-electron chi connectivity index (χ1n) is 6.21. The van der Waals surface area contributed by atoms with Crippen LogP contribution in [0.4, 0.5) is 0 Å². The van der Waals surface area contributed by atoms with Crippen LogP contribution in [0.15, 0.2) is 0 Å². The zero-order valence-corrected chi connectivity index (χ0v) is 10.3. The summed E-state index contributed by atoms with van der Waals surface area (Å²) in [4.78, 5) is 24.9. The summed E-state index contributed by atoms with van der Waals surface area (Å²) in [6, 6.07) is 0.498. The molecule has 1 N–H and O–H groups in total. The standard InChI is InChI=1S/C12H19NO4/c1-7(2)13(8-3-4-8)11(14)9-5-6-10(17-9)12(15)16/h7-10H,3-6H2,1-2H3,(H,15,16)/t9-,10+/m0/s1. The average Bonchev–Trinajstić information content (AvgIpc) is 2.94. The first kappa shape index (κ1) is 12.4. The monoisotopic (exact) mass is 241 g/mol. The first-order valence-corrected chi connectivity index (χ1v) is 6.21. The van der Waals surface area contributed by atoms with Crippen molar-refractivity contribution in [1.82, 2.24) is 4.90 Å². The summed E-state index contributed by atoms with van der Waals surface area (Å²) in [5, 5.41) is 8.83. The SMILES string of the molecule is CC(C)N(C(=O)[C@@H]1CC[C@H](C(=O)O)O1)C1CC1. The Labute approximate surface area is 101 Å². The van der Waals surface area contributed by atoms with Crippen LogP contribution in [0.1, 0.15) is 39.5 Å². The Morgan fingerprint density at radius 2 is 1.76 bits per heavy atom. The van der Waals surface area contributed by atoms with Crippen molar-refractivity contribution >= 4 is 11.9 Å². The van der Waals surface area contributed by atoms with Crippen molar-refractivity contribution in [1.29, 1.82) is 0 Å². The summed E-state index contributed by atoms with van der Waals surface area (Å²) in [6.45, 7) is 3.97. The minimum Gasteiger partial charge on any atom is -0.479 e. The molecule has 0 aromatic carbocycles. The van der Waals surface area contributed by atoms with E-state index in [-0.39, 0.29) is 11.9 Å². The molecule has 1 aliphatic heterocycles. The number of carbonyl (C=O) groups is 2. The summed E-state index contributed by atoms with van der Waals surface area (Å²) in [5.41, 5.74) is 0. The molecular formula is C12H19NO4. The van der Waals surface area contributed by atoms with Crippen molar-refractivity contribution in [2.45, 2.75) is 63.8 Å². The van der Waals surface area contributed by atoms with Crippen LogP contribution < -0.4 is 0 Å². The third kappa shape index (κ3) is 2.60. The molecule has 1 heterocycles. The smallest absolute Gasteiger partial charge is 0.332 e. The van der Waals surface area contributed by atoms with Gasteiger partial charge in [0.15, 0.2) is 6.10 Å². The zero-order chi connectivity index (χ0) is 12.6. The molecule has 0 spiro atoms. The number of nitrogens with zero attached hydrogens (tertiary/aromatic N) is 1. The summed E-state index contributed by atoms with van der Waals surface area (Å²) >= 11 is 0. The van der Waals surface area contributed by atoms with Crippen LogP contribution in [0.25, 0.3) is 0 Å². The third-order valence-corrected chi connectivity index (χ3v) is 3.32. The number of hydrogen-bond acceptors (Lipinski definition) is 3. The van der Waals surface area contributed by atoms with Gasteiger partial charge in [0.1, 0.15) is 6.10 Å². The topological polar surface area (TPSA) is 66.8 Å². The molecule has 0 unspecified atom stereocenters. The zero-order valence-electron chi connectivity index (χ0n) is 10.3. The highest BCUT2D eigenvalue weighted by Crippen LogP contribution is 2.31. The molecule has 0 aromatic rings. The second-order valence-corrected chi connectivity index (χ2v) is 5.10. The van der Waals surface area contributed by atoms with E-state index in [1.54, 1.807) is 0 Å². The molecule has 2 fully saturated rings. The van der Waals surface area contributed by atoms with Crippen molar-refractivity contribution in [2.75, 3.05) is 0 Å². The Morgan fingerprint density at radius 1 is 1.18 bits per heavy atom. The van der Waals surface area contributed by atoms with Gasteiger partial charge in [-0.15, -0.1) is 0 Å². The minimum absolute atomic E-state index is 0.0359. The fraction of sp³-hybridized carbons (Fsp3) is 0.833. The number of amides is 1. The van der Waals surface area contributed by atoms with Gasteiger partial charge in [-0.1, -0.05) is 0 Å². The lowest BCUT2D eigenvalue weighted by Crippen LogP contribution is -2.45. The molecule has 96 valence electrons. The maximum absolute atomic E-state index is 12.2. The van der Waals surface area contributed by atoms with Gasteiger partial charge in [0, 0.05) is 12.1 Å². The van der Waals surface area contributed by atoms with Gasteiger partial charge in [-0.2, -0.15) is 0 Å². The van der Waals surface area contributed by atoms with Crippen LogP contribution in [-0.4, -0.2) is 46.2 Å². The Bertz CT molecular complexity index is 322. The van der Waals surface area contributed by atoms with Crippen molar-refractivity contribution in [2.24, 2.45) is 0 Å². The van der Waals surface area contributed by atoms with Gasteiger partial charge in [0.25, 0.3) is 5.91 Å². The minimum atomic E-state index is -0.970. The molecule has 2 aliphatic rings. The van der Waals surface area contributed by atoms with E-state index < -0.39 is 18.2 Å². The highest BCUT2D eigenvalue weighted by molar-refractivity contribution is 5.83. The molecule has 2 rings (SSSR count). The number of carboxylic acids is 1. The maximum Gasteiger partial charge on any atom is 0.332 e. The largest absolute Gasteiger partial charge is 0.479 e. The number of rotatable bonds is 4. The molecule has 0 radical (unpaired) electrons. The molecule has 1 amide bonds. The fourth-order valence-electron chi connectivity index (χ4n) is 2.38. The van der Waals surface area contributed by atoms with E-state index in [4.69, 9.17) is 9.84 Å². The normalized spacial score (nSPS) is 28.4. The second-order valence-electron chi connectivity index (χ2n) is 5.10. The molecular weight excluding hydrogens is 222 g/mol.